The molecule has 0 atom stereocenters. The smallest absolute Gasteiger partial charge is 0.243 e. The fraction of sp³-hybridized carbons (Fsp3) is 0.231. The van der Waals surface area contributed by atoms with Crippen LogP contribution in [0.25, 0.3) is 0 Å². The summed E-state index contributed by atoms with van der Waals surface area (Å²) < 4.78 is 5.85. The SMILES string of the molecule is CCC(=O)Nc1cccc(NC(=O)CNc2cccc(OCCc3ccccc3)c2)c1C. The van der Waals surface area contributed by atoms with Crippen LogP contribution in [0.3, 0.4) is 0 Å². The van der Waals surface area contributed by atoms with Gasteiger partial charge in [0.05, 0.1) is 13.2 Å². The Morgan fingerprint density at radius 2 is 1.53 bits per heavy atom. The molecule has 3 aromatic carbocycles. The highest BCUT2D eigenvalue weighted by molar-refractivity contribution is 5.97. The van der Waals surface area contributed by atoms with Crippen LogP contribution in [0, 0.1) is 6.92 Å². The molecule has 0 saturated carbocycles. The van der Waals surface area contributed by atoms with Crippen LogP contribution >= 0.6 is 0 Å². The molecule has 0 unspecified atom stereocenters. The lowest BCUT2D eigenvalue weighted by Gasteiger charge is -2.14. The molecular formula is C26H29N3O3. The van der Waals surface area contributed by atoms with Gasteiger partial charge in [-0.05, 0) is 42.3 Å². The first-order valence-electron chi connectivity index (χ1n) is 10.7. The van der Waals surface area contributed by atoms with Gasteiger partial charge in [-0.25, -0.2) is 0 Å². The molecule has 0 bridgehead atoms. The number of anilines is 3. The summed E-state index contributed by atoms with van der Waals surface area (Å²) in [5.41, 5.74) is 4.22. The molecule has 0 aliphatic carbocycles. The third kappa shape index (κ3) is 6.87. The number of rotatable bonds is 10. The first-order valence-corrected chi connectivity index (χ1v) is 10.7. The van der Waals surface area contributed by atoms with Crippen LogP contribution < -0.4 is 20.7 Å². The molecule has 166 valence electrons. The number of ether oxygens (including phenoxy) is 1. The van der Waals surface area contributed by atoms with Crippen LogP contribution in [0.1, 0.15) is 24.5 Å². The monoisotopic (exact) mass is 431 g/mol. The molecule has 3 aromatic rings. The Balaban J connectivity index is 1.50. The van der Waals surface area contributed by atoms with Crippen LogP contribution in [0.2, 0.25) is 0 Å². The average Bonchev–Trinajstić information content (AvgIpc) is 2.81. The number of hydrogen-bond acceptors (Lipinski definition) is 4. The second-order valence-electron chi connectivity index (χ2n) is 7.39. The maximum Gasteiger partial charge on any atom is 0.243 e. The third-order valence-corrected chi connectivity index (χ3v) is 4.99. The first kappa shape index (κ1) is 22.9. The number of hydrogen-bond donors (Lipinski definition) is 3. The number of benzene rings is 3. The molecule has 0 aliphatic rings. The van der Waals surface area contributed by atoms with E-state index in [1.807, 2.05) is 61.5 Å². The highest BCUT2D eigenvalue weighted by Gasteiger charge is 2.09. The van der Waals surface area contributed by atoms with Crippen LogP contribution in [0.4, 0.5) is 17.1 Å². The lowest BCUT2D eigenvalue weighted by Crippen LogP contribution is -2.22. The van der Waals surface area contributed by atoms with Gasteiger partial charge in [0, 0.05) is 36.0 Å². The minimum absolute atomic E-state index is 0.0656. The molecule has 0 radical (unpaired) electrons. The van der Waals surface area contributed by atoms with E-state index in [-0.39, 0.29) is 18.4 Å². The van der Waals surface area contributed by atoms with Crippen molar-refractivity contribution in [2.24, 2.45) is 0 Å². The van der Waals surface area contributed by atoms with Crippen LogP contribution in [-0.4, -0.2) is 25.0 Å². The molecule has 0 aliphatic heterocycles. The summed E-state index contributed by atoms with van der Waals surface area (Å²) in [6.45, 7) is 4.35. The van der Waals surface area contributed by atoms with E-state index in [1.54, 1.807) is 13.0 Å². The lowest BCUT2D eigenvalue weighted by molar-refractivity contribution is -0.116. The maximum absolute atomic E-state index is 12.4. The summed E-state index contributed by atoms with van der Waals surface area (Å²) in [7, 11) is 0. The van der Waals surface area contributed by atoms with Gasteiger partial charge in [0.15, 0.2) is 0 Å². The highest BCUT2D eigenvalue weighted by atomic mass is 16.5. The molecule has 0 spiro atoms. The van der Waals surface area contributed by atoms with Crippen LogP contribution in [-0.2, 0) is 16.0 Å². The van der Waals surface area contributed by atoms with Gasteiger partial charge in [-0.1, -0.05) is 49.4 Å². The summed E-state index contributed by atoms with van der Waals surface area (Å²) in [5, 5.41) is 8.87. The van der Waals surface area contributed by atoms with Gasteiger partial charge in [0.25, 0.3) is 0 Å². The van der Waals surface area contributed by atoms with Crippen molar-refractivity contribution in [3.63, 3.8) is 0 Å². The normalized spacial score (nSPS) is 10.3. The summed E-state index contributed by atoms with van der Waals surface area (Å²) >= 11 is 0. The van der Waals surface area contributed by atoms with Gasteiger partial charge in [-0.2, -0.15) is 0 Å². The number of carbonyl (C=O) groups is 2. The van der Waals surface area contributed by atoms with Gasteiger partial charge in [-0.3, -0.25) is 9.59 Å². The summed E-state index contributed by atoms with van der Waals surface area (Å²) in [6, 6.07) is 23.2. The first-order chi connectivity index (χ1) is 15.5. The molecule has 32 heavy (non-hydrogen) atoms. The van der Waals surface area contributed by atoms with Crippen molar-refractivity contribution >= 4 is 28.9 Å². The minimum atomic E-state index is -0.178. The van der Waals surface area contributed by atoms with Gasteiger partial charge < -0.3 is 20.7 Å². The molecular weight excluding hydrogens is 402 g/mol. The van der Waals surface area contributed by atoms with Crippen molar-refractivity contribution in [2.75, 3.05) is 29.1 Å². The van der Waals surface area contributed by atoms with Crippen molar-refractivity contribution in [1.29, 1.82) is 0 Å². The fourth-order valence-corrected chi connectivity index (χ4v) is 3.15. The Kier molecular flexibility index (Phi) is 8.26. The molecule has 3 N–H and O–H groups in total. The second-order valence-corrected chi connectivity index (χ2v) is 7.39. The van der Waals surface area contributed by atoms with Crippen molar-refractivity contribution in [3.8, 4) is 5.75 Å². The van der Waals surface area contributed by atoms with E-state index in [1.165, 1.54) is 5.56 Å². The highest BCUT2D eigenvalue weighted by Crippen LogP contribution is 2.23. The van der Waals surface area contributed by atoms with E-state index in [9.17, 15) is 9.59 Å². The molecule has 0 heterocycles. The maximum atomic E-state index is 12.4. The molecule has 2 amide bonds. The average molecular weight is 432 g/mol. The zero-order valence-electron chi connectivity index (χ0n) is 18.5. The quantitative estimate of drug-likeness (QED) is 0.421. The number of carbonyl (C=O) groups excluding carboxylic acids is 2. The van der Waals surface area contributed by atoms with Crippen LogP contribution in [0.5, 0.6) is 5.75 Å². The summed E-state index contributed by atoms with van der Waals surface area (Å²) in [6.07, 6.45) is 1.23. The number of nitrogens with one attached hydrogen (secondary N) is 3. The minimum Gasteiger partial charge on any atom is -0.493 e. The summed E-state index contributed by atoms with van der Waals surface area (Å²) in [5.74, 6) is 0.508. The van der Waals surface area contributed by atoms with E-state index in [2.05, 4.69) is 28.1 Å². The standard InChI is InChI=1S/C26H29N3O3/c1-3-25(30)28-23-13-8-14-24(19(23)2)29-26(31)18-27-21-11-7-12-22(17-21)32-16-15-20-9-5-4-6-10-20/h4-14,17,27H,3,15-16,18H2,1-2H3,(H,28,30)(H,29,31). The largest absolute Gasteiger partial charge is 0.493 e. The molecule has 3 rings (SSSR count). The van der Waals surface area contributed by atoms with Crippen molar-refractivity contribution in [2.45, 2.75) is 26.7 Å². The zero-order valence-corrected chi connectivity index (χ0v) is 18.5. The predicted molar refractivity (Wildman–Crippen MR) is 129 cm³/mol. The van der Waals surface area contributed by atoms with Gasteiger partial charge in [-0.15, -0.1) is 0 Å². The van der Waals surface area contributed by atoms with E-state index >= 15 is 0 Å². The molecule has 0 saturated heterocycles. The third-order valence-electron chi connectivity index (χ3n) is 4.99. The second kappa shape index (κ2) is 11.6. The summed E-state index contributed by atoms with van der Waals surface area (Å²) in [4.78, 5) is 24.1. The van der Waals surface area contributed by atoms with Crippen molar-refractivity contribution in [3.05, 3.63) is 83.9 Å². The van der Waals surface area contributed by atoms with E-state index in [0.717, 1.165) is 23.4 Å². The predicted octanol–water partition coefficient (Wildman–Crippen LogP) is 5.02. The Hall–Kier alpha value is -3.80. The molecule has 6 heteroatoms. The molecule has 0 aromatic heterocycles. The Morgan fingerprint density at radius 3 is 2.25 bits per heavy atom. The zero-order chi connectivity index (χ0) is 22.8. The van der Waals surface area contributed by atoms with E-state index in [4.69, 9.17) is 4.74 Å². The van der Waals surface area contributed by atoms with Gasteiger partial charge in [0.2, 0.25) is 11.8 Å². The van der Waals surface area contributed by atoms with E-state index in [0.29, 0.717) is 24.4 Å². The van der Waals surface area contributed by atoms with Crippen LogP contribution in [0.15, 0.2) is 72.8 Å². The topological polar surface area (TPSA) is 79.5 Å². The fourth-order valence-electron chi connectivity index (χ4n) is 3.15. The Labute approximate surface area is 189 Å². The lowest BCUT2D eigenvalue weighted by atomic mass is 10.1. The van der Waals surface area contributed by atoms with Gasteiger partial charge in [0.1, 0.15) is 5.75 Å². The van der Waals surface area contributed by atoms with Gasteiger partial charge >= 0.3 is 0 Å². The molecule has 0 fully saturated rings. The Morgan fingerprint density at radius 1 is 0.844 bits per heavy atom. The van der Waals surface area contributed by atoms with Crippen molar-refractivity contribution in [1.82, 2.24) is 0 Å². The van der Waals surface area contributed by atoms with Crippen molar-refractivity contribution < 1.29 is 14.3 Å². The molecule has 6 nitrogen and oxygen atoms in total. The number of amides is 2. The Bertz CT molecular complexity index is 1050. The van der Waals surface area contributed by atoms with E-state index < -0.39 is 0 Å².